The fraction of sp³-hybridized carbons (Fsp3) is 0.621. The molecule has 7 heteroatoms. The van der Waals surface area contributed by atoms with Gasteiger partial charge in [-0.2, -0.15) is 4.37 Å². The number of benzene rings is 1. The molecule has 5 aliphatic rings. The average molecular weight is 505 g/mol. The number of likely N-dealkylation sites (tertiary alicyclic amines) is 1. The number of rotatable bonds is 5. The zero-order valence-electron chi connectivity index (χ0n) is 21.0. The van der Waals surface area contributed by atoms with E-state index in [2.05, 4.69) is 40.6 Å². The average Bonchev–Trinajstić information content (AvgIpc) is 3.64. The first kappa shape index (κ1) is 22.9. The van der Waals surface area contributed by atoms with Crippen molar-refractivity contribution in [1.29, 1.82) is 0 Å². The lowest BCUT2D eigenvalue weighted by Gasteiger charge is -2.40. The Morgan fingerprint density at radius 2 is 1.67 bits per heavy atom. The highest BCUT2D eigenvalue weighted by atomic mass is 32.1. The molecule has 2 amide bonds. The fourth-order valence-electron chi connectivity index (χ4n) is 8.19. The number of carbonyl (C=O) groups excluding carboxylic acids is 2. The van der Waals surface area contributed by atoms with Crippen LogP contribution < -0.4 is 4.90 Å². The van der Waals surface area contributed by atoms with Gasteiger partial charge in [-0.25, -0.2) is 0 Å². The van der Waals surface area contributed by atoms with Crippen molar-refractivity contribution >= 4 is 39.3 Å². The van der Waals surface area contributed by atoms with Gasteiger partial charge in [0, 0.05) is 44.7 Å². The van der Waals surface area contributed by atoms with Crippen molar-refractivity contribution < 1.29 is 9.59 Å². The van der Waals surface area contributed by atoms with E-state index in [0.717, 1.165) is 57.8 Å². The summed E-state index contributed by atoms with van der Waals surface area (Å²) in [5.41, 5.74) is 1.21. The van der Waals surface area contributed by atoms with Crippen molar-refractivity contribution in [1.82, 2.24) is 14.2 Å². The molecule has 0 radical (unpaired) electrons. The van der Waals surface area contributed by atoms with Crippen molar-refractivity contribution in [2.45, 2.75) is 38.5 Å². The van der Waals surface area contributed by atoms with E-state index in [1.165, 1.54) is 34.9 Å². The highest BCUT2D eigenvalue weighted by molar-refractivity contribution is 7.13. The molecule has 2 aliphatic heterocycles. The summed E-state index contributed by atoms with van der Waals surface area (Å²) < 4.78 is 6.02. The number of aromatic nitrogens is 1. The maximum atomic E-state index is 13.4. The van der Waals surface area contributed by atoms with Crippen LogP contribution in [0.3, 0.4) is 0 Å². The van der Waals surface area contributed by atoms with Gasteiger partial charge in [0.05, 0.1) is 16.5 Å². The van der Waals surface area contributed by atoms with Crippen LogP contribution in [0, 0.1) is 35.5 Å². The third-order valence-corrected chi connectivity index (χ3v) is 10.9. The number of hydrogen-bond acceptors (Lipinski definition) is 6. The molecule has 2 saturated heterocycles. The number of piperazine rings is 1. The number of amides is 2. The summed E-state index contributed by atoms with van der Waals surface area (Å²) in [5.74, 6) is 2.87. The molecule has 36 heavy (non-hydrogen) atoms. The Bertz CT molecular complexity index is 1200. The van der Waals surface area contributed by atoms with E-state index >= 15 is 0 Å². The van der Waals surface area contributed by atoms with E-state index in [4.69, 9.17) is 4.37 Å². The highest BCUT2D eigenvalue weighted by Crippen LogP contribution is 2.58. The minimum atomic E-state index is -0.0966. The smallest absolute Gasteiger partial charge is 0.233 e. The second-order valence-corrected chi connectivity index (χ2v) is 12.7. The number of allylic oxidation sites excluding steroid dienone is 1. The maximum absolute atomic E-state index is 13.4. The van der Waals surface area contributed by atoms with E-state index in [1.807, 2.05) is 0 Å². The van der Waals surface area contributed by atoms with E-state index in [0.29, 0.717) is 24.3 Å². The third kappa shape index (κ3) is 3.65. The molecule has 190 valence electrons. The minimum Gasteiger partial charge on any atom is -0.353 e. The van der Waals surface area contributed by atoms with E-state index in [-0.39, 0.29) is 29.6 Å². The lowest BCUT2D eigenvalue weighted by Crippen LogP contribution is -2.49. The van der Waals surface area contributed by atoms with Crippen molar-refractivity contribution in [3.63, 3.8) is 0 Å². The number of nitrogens with zero attached hydrogens (tertiary/aromatic N) is 4. The van der Waals surface area contributed by atoms with Crippen LogP contribution in [-0.2, 0) is 9.59 Å². The summed E-state index contributed by atoms with van der Waals surface area (Å²) in [6.07, 6.45) is 6.80. The zero-order chi connectivity index (χ0) is 24.4. The van der Waals surface area contributed by atoms with Crippen molar-refractivity contribution in [2.75, 3.05) is 44.2 Å². The van der Waals surface area contributed by atoms with Gasteiger partial charge < -0.3 is 4.90 Å². The summed E-state index contributed by atoms with van der Waals surface area (Å²) in [5, 5.41) is 1.27. The van der Waals surface area contributed by atoms with E-state index < -0.39 is 0 Å². The zero-order valence-corrected chi connectivity index (χ0v) is 21.8. The van der Waals surface area contributed by atoms with Gasteiger partial charge in [-0.1, -0.05) is 37.1 Å². The summed E-state index contributed by atoms with van der Waals surface area (Å²) >= 11 is 1.59. The van der Waals surface area contributed by atoms with Gasteiger partial charge in [0.25, 0.3) is 0 Å². The number of fused-ring (bicyclic) bond motifs is 6. The lowest BCUT2D eigenvalue weighted by molar-refractivity contribution is -0.142. The molecule has 3 heterocycles. The predicted octanol–water partition coefficient (Wildman–Crippen LogP) is 4.42. The maximum Gasteiger partial charge on any atom is 0.233 e. The van der Waals surface area contributed by atoms with E-state index in [9.17, 15) is 9.59 Å². The SMILES string of the molecule is C=C1CC2CC1C1C(=O)N(C[C@@H]3CCCC[C@H]3CN3CCN(c4nsc5ccccc45)CC3)C(=O)C21. The van der Waals surface area contributed by atoms with Gasteiger partial charge in [-0.15, -0.1) is 0 Å². The Labute approximate surface area is 217 Å². The molecule has 6 nitrogen and oxygen atoms in total. The van der Waals surface area contributed by atoms with Crippen molar-refractivity contribution in [3.8, 4) is 0 Å². The fourth-order valence-corrected chi connectivity index (χ4v) is 8.98. The van der Waals surface area contributed by atoms with Gasteiger partial charge in [-0.3, -0.25) is 19.4 Å². The second-order valence-electron chi connectivity index (χ2n) is 11.9. The highest BCUT2D eigenvalue weighted by Gasteiger charge is 2.62. The number of carbonyl (C=O) groups is 2. The molecule has 2 bridgehead atoms. The second kappa shape index (κ2) is 8.95. The normalized spacial score (nSPS) is 34.8. The van der Waals surface area contributed by atoms with Crippen LogP contribution in [0.5, 0.6) is 0 Å². The van der Waals surface area contributed by atoms with Crippen LogP contribution in [0.15, 0.2) is 36.4 Å². The Kier molecular flexibility index (Phi) is 5.69. The number of imide groups is 1. The molecule has 1 aromatic heterocycles. The molecule has 7 rings (SSSR count). The molecule has 2 aromatic rings. The molecule has 4 unspecified atom stereocenters. The van der Waals surface area contributed by atoms with Gasteiger partial charge in [-0.05, 0) is 73.0 Å². The standard InChI is InChI=1S/C29H36N4O2S/c1-18-14-21-15-23(18)26-25(21)28(34)33(29(26)35)17-20-7-3-2-6-19(20)16-31-10-12-32(13-11-31)27-22-8-4-5-9-24(22)36-30-27/h4-5,8-9,19-21,23,25-26H,1-3,6-7,10-17H2/t19-,20-,21?,23?,25?,26?/m0/s1. The quantitative estimate of drug-likeness (QED) is 0.446. The summed E-state index contributed by atoms with van der Waals surface area (Å²) in [6, 6.07) is 8.52. The van der Waals surface area contributed by atoms with Crippen molar-refractivity contribution in [2.24, 2.45) is 35.5 Å². The van der Waals surface area contributed by atoms with E-state index in [1.54, 1.807) is 16.4 Å². The largest absolute Gasteiger partial charge is 0.353 e. The first-order valence-electron chi connectivity index (χ1n) is 13.9. The Morgan fingerprint density at radius 3 is 2.47 bits per heavy atom. The third-order valence-electron chi connectivity index (χ3n) is 10.0. The minimum absolute atomic E-state index is 0.0510. The number of anilines is 1. The first-order valence-corrected chi connectivity index (χ1v) is 14.7. The molecule has 3 saturated carbocycles. The van der Waals surface area contributed by atoms with Gasteiger partial charge >= 0.3 is 0 Å². The molecule has 5 fully saturated rings. The van der Waals surface area contributed by atoms with Crippen LogP contribution in [-0.4, -0.2) is 65.3 Å². The molecule has 0 N–H and O–H groups in total. The molecule has 3 aliphatic carbocycles. The Balaban J connectivity index is 0.990. The number of hydrogen-bond donors (Lipinski definition) is 0. The molecule has 0 spiro atoms. The van der Waals surface area contributed by atoms with Crippen LogP contribution in [0.2, 0.25) is 0 Å². The Morgan fingerprint density at radius 1 is 0.944 bits per heavy atom. The summed E-state index contributed by atoms with van der Waals surface area (Å²) in [7, 11) is 0. The van der Waals surface area contributed by atoms with Crippen LogP contribution in [0.25, 0.3) is 10.1 Å². The van der Waals surface area contributed by atoms with Crippen LogP contribution in [0.4, 0.5) is 5.82 Å². The first-order chi connectivity index (χ1) is 17.6. The lowest BCUT2D eigenvalue weighted by atomic mass is 9.78. The summed E-state index contributed by atoms with van der Waals surface area (Å²) in [4.78, 5) is 33.5. The Hall–Kier alpha value is -2.25. The topological polar surface area (TPSA) is 56.8 Å². The van der Waals surface area contributed by atoms with Gasteiger partial charge in [0.1, 0.15) is 5.82 Å². The molecular formula is C29H36N4O2S. The van der Waals surface area contributed by atoms with Gasteiger partial charge in [0.2, 0.25) is 11.8 Å². The molecule has 1 aromatic carbocycles. The van der Waals surface area contributed by atoms with Crippen molar-refractivity contribution in [3.05, 3.63) is 36.4 Å². The molecular weight excluding hydrogens is 468 g/mol. The van der Waals surface area contributed by atoms with Gasteiger partial charge in [0.15, 0.2) is 0 Å². The molecule has 6 atom stereocenters. The monoisotopic (exact) mass is 504 g/mol. The summed E-state index contributed by atoms with van der Waals surface area (Å²) in [6.45, 7) is 10.1. The van der Waals surface area contributed by atoms with Crippen LogP contribution >= 0.6 is 11.5 Å². The van der Waals surface area contributed by atoms with Crippen LogP contribution in [0.1, 0.15) is 38.5 Å². The predicted molar refractivity (Wildman–Crippen MR) is 143 cm³/mol.